The second-order valence-corrected chi connectivity index (χ2v) is 6.39. The van der Waals surface area contributed by atoms with Crippen LogP contribution < -0.4 is 15.4 Å². The monoisotopic (exact) mass is 403 g/mol. The van der Waals surface area contributed by atoms with E-state index >= 15 is 0 Å². The van der Waals surface area contributed by atoms with Crippen LogP contribution in [0.4, 0.5) is 0 Å². The van der Waals surface area contributed by atoms with Gasteiger partial charge in [0, 0.05) is 31.7 Å². The first-order valence-electron chi connectivity index (χ1n) is 8.38. The van der Waals surface area contributed by atoms with Gasteiger partial charge in [0.1, 0.15) is 0 Å². The summed E-state index contributed by atoms with van der Waals surface area (Å²) < 4.78 is 7.11. The van der Waals surface area contributed by atoms with Crippen molar-refractivity contribution < 1.29 is 9.53 Å². The minimum Gasteiger partial charge on any atom is -0.479 e. The number of ether oxygens (including phenoxy) is 1. The summed E-state index contributed by atoms with van der Waals surface area (Å²) in [5.41, 5.74) is 3.96. The van der Waals surface area contributed by atoms with E-state index in [0.29, 0.717) is 18.7 Å². The molecule has 1 aliphatic rings. The van der Waals surface area contributed by atoms with E-state index in [0.717, 1.165) is 47.4 Å². The number of hydrogen-bond donors (Lipinski definition) is 2. The van der Waals surface area contributed by atoms with Gasteiger partial charge in [-0.3, -0.25) is 4.79 Å². The van der Waals surface area contributed by atoms with Crippen molar-refractivity contribution in [2.24, 2.45) is 7.05 Å². The first-order valence-corrected chi connectivity index (χ1v) is 8.38. The van der Waals surface area contributed by atoms with Crippen molar-refractivity contribution in [1.82, 2.24) is 25.4 Å². The highest BCUT2D eigenvalue weighted by atomic mass is 35.5. The maximum atomic E-state index is 12.2. The van der Waals surface area contributed by atoms with Crippen molar-refractivity contribution in [3.8, 4) is 5.88 Å². The van der Waals surface area contributed by atoms with E-state index in [4.69, 9.17) is 4.74 Å². The normalized spacial score (nSPS) is 16.1. The Morgan fingerprint density at radius 1 is 1.38 bits per heavy atom. The topological polar surface area (TPSA) is 81.1 Å². The molecule has 2 N–H and O–H groups in total. The van der Waals surface area contributed by atoms with Crippen molar-refractivity contribution in [2.45, 2.75) is 39.2 Å². The van der Waals surface area contributed by atoms with Gasteiger partial charge in [-0.2, -0.15) is 0 Å². The zero-order chi connectivity index (χ0) is 17.3. The van der Waals surface area contributed by atoms with E-state index in [1.165, 1.54) is 0 Å². The minimum atomic E-state index is 0. The van der Waals surface area contributed by atoms with Crippen molar-refractivity contribution in [3.05, 3.63) is 16.8 Å². The number of halogens is 2. The highest BCUT2D eigenvalue weighted by Crippen LogP contribution is 2.30. The first kappa shape index (κ1) is 22.5. The molecule has 0 aromatic carbocycles. The number of nitrogens with zero attached hydrogens (tertiary/aromatic N) is 3. The van der Waals surface area contributed by atoms with E-state index in [1.54, 1.807) is 11.8 Å². The van der Waals surface area contributed by atoms with Gasteiger partial charge in [0.2, 0.25) is 11.8 Å². The van der Waals surface area contributed by atoms with Crippen LogP contribution in [-0.2, 0) is 18.3 Å². The fourth-order valence-electron chi connectivity index (χ4n) is 3.42. The Hall–Kier alpha value is -1.57. The zero-order valence-electron chi connectivity index (χ0n) is 15.6. The number of aryl methyl sites for hydroxylation is 3. The van der Waals surface area contributed by atoms with Crippen molar-refractivity contribution in [3.63, 3.8) is 0 Å². The molecule has 26 heavy (non-hydrogen) atoms. The van der Waals surface area contributed by atoms with Crippen LogP contribution in [0, 0.1) is 13.8 Å². The van der Waals surface area contributed by atoms with Gasteiger partial charge in [-0.1, -0.05) is 0 Å². The van der Waals surface area contributed by atoms with Crippen molar-refractivity contribution in [2.75, 3.05) is 20.2 Å². The molecule has 1 fully saturated rings. The lowest BCUT2D eigenvalue weighted by Crippen LogP contribution is -2.36. The Bertz CT molecular complexity index is 772. The van der Waals surface area contributed by atoms with Gasteiger partial charge >= 0.3 is 0 Å². The van der Waals surface area contributed by atoms with Gasteiger partial charge < -0.3 is 15.4 Å². The van der Waals surface area contributed by atoms with Crippen LogP contribution in [0.1, 0.15) is 29.7 Å². The highest BCUT2D eigenvalue weighted by Gasteiger charge is 2.20. The predicted octanol–water partition coefficient (Wildman–Crippen LogP) is 1.85. The molecule has 0 radical (unpaired) electrons. The quantitative estimate of drug-likeness (QED) is 0.795. The molecule has 0 bridgehead atoms. The first-order chi connectivity index (χ1) is 11.5. The van der Waals surface area contributed by atoms with Crippen molar-refractivity contribution in [1.29, 1.82) is 0 Å². The largest absolute Gasteiger partial charge is 0.479 e. The van der Waals surface area contributed by atoms with E-state index in [1.807, 2.05) is 14.0 Å². The van der Waals surface area contributed by atoms with E-state index in [9.17, 15) is 4.79 Å². The molecule has 1 atom stereocenters. The molecule has 3 heterocycles. The van der Waals surface area contributed by atoms with Crippen molar-refractivity contribution >= 4 is 41.8 Å². The minimum absolute atomic E-state index is 0. The van der Waals surface area contributed by atoms with Crippen LogP contribution in [0.2, 0.25) is 0 Å². The molecule has 0 saturated carbocycles. The zero-order valence-corrected chi connectivity index (χ0v) is 17.2. The summed E-state index contributed by atoms with van der Waals surface area (Å²) in [6, 6.07) is 0.263. The number of rotatable bonds is 5. The molecule has 9 heteroatoms. The van der Waals surface area contributed by atoms with Gasteiger partial charge in [-0.05, 0) is 44.4 Å². The average Bonchev–Trinajstić information content (AvgIpc) is 3.15. The Labute approximate surface area is 166 Å². The van der Waals surface area contributed by atoms with Gasteiger partial charge in [-0.15, -0.1) is 29.9 Å². The van der Waals surface area contributed by atoms with Gasteiger partial charge in [0.25, 0.3) is 0 Å². The summed E-state index contributed by atoms with van der Waals surface area (Å²) in [6.45, 7) is 5.88. The Balaban J connectivity index is 0.00000169. The number of carbonyl (C=O) groups is 1. The summed E-state index contributed by atoms with van der Waals surface area (Å²) in [7, 11) is 3.48. The third kappa shape index (κ3) is 4.39. The highest BCUT2D eigenvalue weighted by molar-refractivity contribution is 5.86. The van der Waals surface area contributed by atoms with Crippen LogP contribution in [-0.4, -0.2) is 46.9 Å². The Kier molecular flexibility index (Phi) is 8.12. The van der Waals surface area contributed by atoms with Gasteiger partial charge in [0.05, 0.1) is 12.5 Å². The number of pyridine rings is 1. The SMILES string of the molecule is COc1nn(C)c2nc(C)c(CCC(=O)NC3CCNC3)c(C)c12.Cl.Cl. The summed E-state index contributed by atoms with van der Waals surface area (Å²) in [5, 5.41) is 11.6. The summed E-state index contributed by atoms with van der Waals surface area (Å²) >= 11 is 0. The third-order valence-electron chi connectivity index (χ3n) is 4.74. The fraction of sp³-hybridized carbons (Fsp3) is 0.588. The number of fused-ring (bicyclic) bond motifs is 1. The van der Waals surface area contributed by atoms with E-state index in [-0.39, 0.29) is 36.8 Å². The molecule has 0 aliphatic carbocycles. The van der Waals surface area contributed by atoms with Crippen LogP contribution >= 0.6 is 24.8 Å². The predicted molar refractivity (Wildman–Crippen MR) is 107 cm³/mol. The molecule has 7 nitrogen and oxygen atoms in total. The van der Waals surface area contributed by atoms with Crippen LogP contribution in [0.25, 0.3) is 11.0 Å². The van der Waals surface area contributed by atoms with Gasteiger partial charge in [0.15, 0.2) is 5.65 Å². The van der Waals surface area contributed by atoms with E-state index < -0.39 is 0 Å². The third-order valence-corrected chi connectivity index (χ3v) is 4.74. The Morgan fingerprint density at radius 3 is 2.73 bits per heavy atom. The number of hydrogen-bond acceptors (Lipinski definition) is 5. The molecular weight excluding hydrogens is 377 g/mol. The maximum absolute atomic E-state index is 12.2. The number of aromatic nitrogens is 3. The van der Waals surface area contributed by atoms with Gasteiger partial charge in [-0.25, -0.2) is 9.67 Å². The lowest BCUT2D eigenvalue weighted by atomic mass is 10.00. The molecular formula is C17H27Cl2N5O2. The molecule has 3 rings (SSSR count). The molecule has 146 valence electrons. The Morgan fingerprint density at radius 2 is 2.12 bits per heavy atom. The number of nitrogens with one attached hydrogen (secondary N) is 2. The summed E-state index contributed by atoms with van der Waals surface area (Å²) in [5.74, 6) is 0.681. The summed E-state index contributed by atoms with van der Waals surface area (Å²) in [6.07, 6.45) is 2.14. The number of carbonyl (C=O) groups excluding carboxylic acids is 1. The molecule has 2 aromatic heterocycles. The average molecular weight is 404 g/mol. The second-order valence-electron chi connectivity index (χ2n) is 6.39. The molecule has 1 aliphatic heterocycles. The molecule has 1 amide bonds. The molecule has 1 saturated heterocycles. The van der Waals surface area contributed by atoms with E-state index in [2.05, 4.69) is 27.6 Å². The smallest absolute Gasteiger partial charge is 0.242 e. The molecule has 2 aromatic rings. The molecule has 1 unspecified atom stereocenters. The molecule has 0 spiro atoms. The standard InChI is InChI=1S/C17H25N5O2.2ClH/c1-10-13(5-6-14(23)20-12-7-8-18-9-12)11(2)19-16-15(10)17(24-4)21-22(16)3;;/h12,18H,5-9H2,1-4H3,(H,20,23);2*1H. The summed E-state index contributed by atoms with van der Waals surface area (Å²) in [4.78, 5) is 16.8. The number of amides is 1. The lowest BCUT2D eigenvalue weighted by molar-refractivity contribution is -0.121. The fourth-order valence-corrected chi connectivity index (χ4v) is 3.42. The second kappa shape index (κ2) is 9.39. The van der Waals surface area contributed by atoms with Crippen LogP contribution in [0.15, 0.2) is 0 Å². The van der Waals surface area contributed by atoms with Crippen LogP contribution in [0.5, 0.6) is 5.88 Å². The lowest BCUT2D eigenvalue weighted by Gasteiger charge is -2.13. The maximum Gasteiger partial charge on any atom is 0.242 e. The van der Waals surface area contributed by atoms with Crippen LogP contribution in [0.3, 0.4) is 0 Å². The number of methoxy groups -OCH3 is 1.